The summed E-state index contributed by atoms with van der Waals surface area (Å²) in [5.74, 6) is 1.92. The highest BCUT2D eigenvalue weighted by Gasteiger charge is 2.23. The van der Waals surface area contributed by atoms with Crippen molar-refractivity contribution >= 4 is 32.7 Å². The van der Waals surface area contributed by atoms with Gasteiger partial charge in [-0.2, -0.15) is 4.98 Å². The van der Waals surface area contributed by atoms with Gasteiger partial charge < -0.3 is 11.1 Å². The number of nitrogens with two attached hydrogens (primary N) is 1. The zero-order valence-corrected chi connectivity index (χ0v) is 18.5. The third-order valence-corrected chi connectivity index (χ3v) is 7.48. The van der Waals surface area contributed by atoms with E-state index in [4.69, 9.17) is 5.73 Å². The molecule has 31 heavy (non-hydrogen) atoms. The Hall–Kier alpha value is -2.71. The molecular weight excluding hydrogens is 410 g/mol. The van der Waals surface area contributed by atoms with Crippen molar-refractivity contribution in [2.24, 2.45) is 11.8 Å². The molecule has 0 amide bonds. The van der Waals surface area contributed by atoms with Gasteiger partial charge >= 0.3 is 0 Å². The molecule has 1 fully saturated rings. The van der Waals surface area contributed by atoms with Gasteiger partial charge in [-0.05, 0) is 68.7 Å². The fourth-order valence-electron chi connectivity index (χ4n) is 4.08. The van der Waals surface area contributed by atoms with Crippen molar-refractivity contribution in [3.63, 3.8) is 0 Å². The molecule has 164 valence electrons. The average Bonchev–Trinajstić information content (AvgIpc) is 2.77. The molecule has 1 aromatic heterocycles. The SMILES string of the molecule is Cc1ccc(S(=O)(=O)NCC2CCC(CNc3nc(N)c4ccccc4n3)CC2)cc1. The van der Waals surface area contributed by atoms with E-state index in [0.29, 0.717) is 35.0 Å². The minimum atomic E-state index is -3.45. The van der Waals surface area contributed by atoms with Crippen molar-refractivity contribution in [1.82, 2.24) is 14.7 Å². The lowest BCUT2D eigenvalue weighted by atomic mass is 9.82. The number of hydrogen-bond donors (Lipinski definition) is 3. The number of sulfonamides is 1. The Morgan fingerprint density at radius 1 is 0.935 bits per heavy atom. The lowest BCUT2D eigenvalue weighted by Crippen LogP contribution is -2.32. The summed E-state index contributed by atoms with van der Waals surface area (Å²) >= 11 is 0. The summed E-state index contributed by atoms with van der Waals surface area (Å²) < 4.78 is 27.8. The number of hydrogen-bond acceptors (Lipinski definition) is 6. The molecule has 1 aliphatic rings. The van der Waals surface area contributed by atoms with Crippen LogP contribution in [0.15, 0.2) is 53.4 Å². The minimum Gasteiger partial charge on any atom is -0.383 e. The molecule has 0 radical (unpaired) electrons. The lowest BCUT2D eigenvalue weighted by Gasteiger charge is -2.28. The standard InChI is InChI=1S/C23H29N5O2S/c1-16-6-12-19(13-7-16)31(29,30)26-15-18-10-8-17(9-11-18)14-25-23-27-21-5-3-2-4-20(21)22(24)28-23/h2-7,12-13,17-18,26H,8-11,14-15H2,1H3,(H3,24,25,27,28). The van der Waals surface area contributed by atoms with Crippen LogP contribution >= 0.6 is 0 Å². The van der Waals surface area contributed by atoms with Crippen molar-refractivity contribution in [2.75, 3.05) is 24.1 Å². The van der Waals surface area contributed by atoms with Crippen LogP contribution < -0.4 is 15.8 Å². The molecule has 0 spiro atoms. The van der Waals surface area contributed by atoms with Gasteiger partial charge in [-0.15, -0.1) is 0 Å². The number of rotatable bonds is 7. The van der Waals surface area contributed by atoms with Crippen LogP contribution in [0, 0.1) is 18.8 Å². The first-order chi connectivity index (χ1) is 14.9. The van der Waals surface area contributed by atoms with E-state index in [-0.39, 0.29) is 0 Å². The number of nitrogens with one attached hydrogen (secondary N) is 2. The third-order valence-electron chi connectivity index (χ3n) is 6.04. The van der Waals surface area contributed by atoms with E-state index < -0.39 is 10.0 Å². The van der Waals surface area contributed by atoms with Crippen LogP contribution in [0.5, 0.6) is 0 Å². The average molecular weight is 440 g/mol. The molecule has 7 nitrogen and oxygen atoms in total. The van der Waals surface area contributed by atoms with Crippen LogP contribution in [0.3, 0.4) is 0 Å². The number of fused-ring (bicyclic) bond motifs is 1. The van der Waals surface area contributed by atoms with Crippen molar-refractivity contribution in [3.05, 3.63) is 54.1 Å². The first kappa shape index (κ1) is 21.5. The van der Waals surface area contributed by atoms with Crippen LogP contribution in [-0.2, 0) is 10.0 Å². The molecule has 1 aliphatic carbocycles. The first-order valence-corrected chi connectivity index (χ1v) is 12.2. The number of benzene rings is 2. The zero-order chi connectivity index (χ0) is 21.8. The van der Waals surface area contributed by atoms with Gasteiger partial charge in [0.15, 0.2) is 0 Å². The van der Waals surface area contributed by atoms with Crippen molar-refractivity contribution in [3.8, 4) is 0 Å². The molecule has 0 unspecified atom stereocenters. The number of nitrogen functional groups attached to an aromatic ring is 1. The predicted octanol–water partition coefficient (Wildman–Crippen LogP) is 3.72. The first-order valence-electron chi connectivity index (χ1n) is 10.7. The summed E-state index contributed by atoms with van der Waals surface area (Å²) in [5, 5.41) is 4.19. The number of aromatic nitrogens is 2. The van der Waals surface area contributed by atoms with Gasteiger partial charge in [-0.25, -0.2) is 18.1 Å². The van der Waals surface area contributed by atoms with Crippen molar-refractivity contribution in [1.29, 1.82) is 0 Å². The molecule has 0 bridgehead atoms. The molecule has 2 aromatic carbocycles. The predicted molar refractivity (Wildman–Crippen MR) is 124 cm³/mol. The highest BCUT2D eigenvalue weighted by molar-refractivity contribution is 7.89. The number of nitrogens with zero attached hydrogens (tertiary/aromatic N) is 2. The molecular formula is C23H29N5O2S. The maximum atomic E-state index is 12.5. The van der Waals surface area contributed by atoms with Gasteiger partial charge in [0, 0.05) is 18.5 Å². The smallest absolute Gasteiger partial charge is 0.240 e. The van der Waals surface area contributed by atoms with Gasteiger partial charge in [-0.1, -0.05) is 29.8 Å². The Morgan fingerprint density at radius 2 is 1.58 bits per heavy atom. The summed E-state index contributed by atoms with van der Waals surface area (Å²) in [7, 11) is -3.45. The fraction of sp³-hybridized carbons (Fsp3) is 0.391. The highest BCUT2D eigenvalue weighted by Crippen LogP contribution is 2.29. The van der Waals surface area contributed by atoms with E-state index in [9.17, 15) is 8.42 Å². The molecule has 1 heterocycles. The molecule has 4 rings (SSSR count). The molecule has 0 atom stereocenters. The van der Waals surface area contributed by atoms with Crippen LogP contribution in [0.1, 0.15) is 31.2 Å². The number of para-hydroxylation sites is 1. The van der Waals surface area contributed by atoms with Crippen molar-refractivity contribution in [2.45, 2.75) is 37.5 Å². The van der Waals surface area contributed by atoms with Gasteiger partial charge in [0.25, 0.3) is 0 Å². The fourth-order valence-corrected chi connectivity index (χ4v) is 5.20. The maximum Gasteiger partial charge on any atom is 0.240 e. The Morgan fingerprint density at radius 3 is 2.29 bits per heavy atom. The van der Waals surface area contributed by atoms with E-state index in [1.165, 1.54) is 0 Å². The Bertz CT molecular complexity index is 1140. The summed E-state index contributed by atoms with van der Waals surface area (Å²) in [5.41, 5.74) is 7.93. The Labute approximate surface area is 183 Å². The van der Waals surface area contributed by atoms with Crippen LogP contribution in [0.25, 0.3) is 10.9 Å². The second-order valence-corrected chi connectivity index (χ2v) is 10.1. The maximum absolute atomic E-state index is 12.5. The molecule has 3 aromatic rings. The molecule has 0 aliphatic heterocycles. The second-order valence-electron chi connectivity index (χ2n) is 8.38. The van der Waals surface area contributed by atoms with Gasteiger partial charge in [0.05, 0.1) is 10.4 Å². The largest absolute Gasteiger partial charge is 0.383 e. The quantitative estimate of drug-likeness (QED) is 0.518. The minimum absolute atomic E-state index is 0.325. The third kappa shape index (κ3) is 5.32. The summed E-state index contributed by atoms with van der Waals surface area (Å²) in [6, 6.07) is 14.7. The van der Waals surface area contributed by atoms with Gasteiger partial charge in [0.1, 0.15) is 5.82 Å². The Kier molecular flexibility index (Phi) is 6.38. The molecule has 4 N–H and O–H groups in total. The molecule has 1 saturated carbocycles. The normalized spacial score (nSPS) is 19.4. The Balaban J connectivity index is 1.25. The molecule has 8 heteroatoms. The zero-order valence-electron chi connectivity index (χ0n) is 17.7. The highest BCUT2D eigenvalue weighted by atomic mass is 32.2. The van der Waals surface area contributed by atoms with Gasteiger partial charge in [-0.3, -0.25) is 0 Å². The topological polar surface area (TPSA) is 110 Å². The van der Waals surface area contributed by atoms with E-state index >= 15 is 0 Å². The lowest BCUT2D eigenvalue weighted by molar-refractivity contribution is 0.284. The molecule has 0 saturated heterocycles. The van der Waals surface area contributed by atoms with Crippen LogP contribution in [-0.4, -0.2) is 31.5 Å². The van der Waals surface area contributed by atoms with E-state index in [1.54, 1.807) is 12.1 Å². The summed E-state index contributed by atoms with van der Waals surface area (Å²) in [6.07, 6.45) is 4.10. The van der Waals surface area contributed by atoms with E-state index in [2.05, 4.69) is 20.0 Å². The monoisotopic (exact) mass is 439 g/mol. The number of anilines is 2. The van der Waals surface area contributed by atoms with E-state index in [0.717, 1.165) is 48.7 Å². The van der Waals surface area contributed by atoms with Gasteiger partial charge in [0.2, 0.25) is 16.0 Å². The van der Waals surface area contributed by atoms with Crippen LogP contribution in [0.4, 0.5) is 11.8 Å². The van der Waals surface area contributed by atoms with E-state index in [1.807, 2.05) is 43.3 Å². The summed E-state index contributed by atoms with van der Waals surface area (Å²) in [6.45, 7) is 3.22. The summed E-state index contributed by atoms with van der Waals surface area (Å²) in [4.78, 5) is 9.24. The second kappa shape index (κ2) is 9.20. The number of aryl methyl sites for hydroxylation is 1. The van der Waals surface area contributed by atoms with Crippen LogP contribution in [0.2, 0.25) is 0 Å². The van der Waals surface area contributed by atoms with Crippen molar-refractivity contribution < 1.29 is 8.42 Å².